The van der Waals surface area contributed by atoms with Gasteiger partial charge in [-0.1, -0.05) is 35.4 Å². The third-order valence-corrected chi connectivity index (χ3v) is 5.92. The molecule has 2 fully saturated rings. The van der Waals surface area contributed by atoms with Crippen LogP contribution in [-0.4, -0.2) is 46.3 Å². The summed E-state index contributed by atoms with van der Waals surface area (Å²) in [5, 5.41) is 0. The van der Waals surface area contributed by atoms with Crippen LogP contribution in [0.15, 0.2) is 0 Å². The van der Waals surface area contributed by atoms with E-state index in [0.717, 1.165) is 36.3 Å². The summed E-state index contributed by atoms with van der Waals surface area (Å²) in [6.07, 6.45) is 7.12. The summed E-state index contributed by atoms with van der Waals surface area (Å²) >= 11 is 2.40. The SMILES string of the molecule is CC(C)(C)OC(=O)N1CCCC(CI)(OCC2CCCC2)C1. The van der Waals surface area contributed by atoms with Gasteiger partial charge in [-0.3, -0.25) is 0 Å². The maximum absolute atomic E-state index is 12.3. The summed E-state index contributed by atoms with van der Waals surface area (Å²) in [6.45, 7) is 8.04. The highest BCUT2D eigenvalue weighted by molar-refractivity contribution is 14.1. The van der Waals surface area contributed by atoms with E-state index in [1.807, 2.05) is 25.7 Å². The lowest BCUT2D eigenvalue weighted by atomic mass is 9.94. The van der Waals surface area contributed by atoms with Gasteiger partial charge >= 0.3 is 6.09 Å². The zero-order valence-corrected chi connectivity index (χ0v) is 16.4. The molecule has 22 heavy (non-hydrogen) atoms. The van der Waals surface area contributed by atoms with Gasteiger partial charge in [0, 0.05) is 11.0 Å². The molecule has 1 saturated carbocycles. The molecule has 0 aromatic rings. The first-order chi connectivity index (χ1) is 10.3. The van der Waals surface area contributed by atoms with E-state index in [4.69, 9.17) is 9.47 Å². The minimum atomic E-state index is -0.438. The molecular formula is C17H30INO3. The summed E-state index contributed by atoms with van der Waals surface area (Å²) in [4.78, 5) is 14.2. The average Bonchev–Trinajstić information content (AvgIpc) is 2.97. The summed E-state index contributed by atoms with van der Waals surface area (Å²) in [7, 11) is 0. The van der Waals surface area contributed by atoms with Crippen LogP contribution in [0.1, 0.15) is 59.3 Å². The molecule has 5 heteroatoms. The first kappa shape index (κ1) is 18.3. The molecule has 1 aliphatic heterocycles. The fourth-order valence-electron chi connectivity index (χ4n) is 3.32. The fourth-order valence-corrected chi connectivity index (χ4v) is 4.16. The summed E-state index contributed by atoms with van der Waals surface area (Å²) in [5.41, 5.74) is -0.621. The van der Waals surface area contributed by atoms with Crippen LogP contribution in [0.2, 0.25) is 0 Å². The van der Waals surface area contributed by atoms with E-state index in [1.165, 1.54) is 25.7 Å². The number of alkyl halides is 1. The van der Waals surface area contributed by atoms with E-state index in [9.17, 15) is 4.79 Å². The zero-order valence-electron chi connectivity index (χ0n) is 14.2. The normalized spacial score (nSPS) is 27.2. The number of hydrogen-bond acceptors (Lipinski definition) is 3. The van der Waals surface area contributed by atoms with E-state index >= 15 is 0 Å². The Hall–Kier alpha value is -0.0400. The number of halogens is 1. The number of amides is 1. The Kier molecular flexibility index (Phi) is 6.39. The highest BCUT2D eigenvalue weighted by Crippen LogP contribution is 2.32. The van der Waals surface area contributed by atoms with Gasteiger partial charge in [-0.2, -0.15) is 0 Å². The molecule has 4 nitrogen and oxygen atoms in total. The maximum atomic E-state index is 12.3. The van der Waals surface area contributed by atoms with Crippen LogP contribution in [0.3, 0.4) is 0 Å². The Morgan fingerprint density at radius 1 is 1.27 bits per heavy atom. The van der Waals surface area contributed by atoms with Gasteiger partial charge in [0.2, 0.25) is 0 Å². The number of hydrogen-bond donors (Lipinski definition) is 0. The van der Waals surface area contributed by atoms with E-state index in [0.29, 0.717) is 6.54 Å². The van der Waals surface area contributed by atoms with Crippen molar-refractivity contribution in [1.82, 2.24) is 4.90 Å². The predicted molar refractivity (Wildman–Crippen MR) is 96.6 cm³/mol. The molecule has 0 spiro atoms. The molecule has 1 atom stereocenters. The van der Waals surface area contributed by atoms with Gasteiger partial charge in [0.15, 0.2) is 0 Å². The Balaban J connectivity index is 1.91. The van der Waals surface area contributed by atoms with Crippen molar-refractivity contribution in [3.8, 4) is 0 Å². The standard InChI is InChI=1S/C17H30INO3/c1-16(2,3)22-15(20)19-10-6-9-17(12-18,13-19)21-11-14-7-4-5-8-14/h14H,4-13H2,1-3H3. The number of likely N-dealkylation sites (tertiary alicyclic amines) is 1. The highest BCUT2D eigenvalue weighted by Gasteiger charge is 2.39. The number of carbonyl (C=O) groups excluding carboxylic acids is 1. The molecule has 0 N–H and O–H groups in total. The van der Waals surface area contributed by atoms with E-state index in [1.54, 1.807) is 0 Å². The third-order valence-electron chi connectivity index (χ3n) is 4.53. The monoisotopic (exact) mass is 423 g/mol. The number of nitrogens with zero attached hydrogens (tertiary/aromatic N) is 1. The molecule has 0 radical (unpaired) electrons. The van der Waals surface area contributed by atoms with Crippen LogP contribution in [0, 0.1) is 5.92 Å². The van der Waals surface area contributed by atoms with Gasteiger partial charge in [0.1, 0.15) is 5.60 Å². The molecule has 128 valence electrons. The van der Waals surface area contributed by atoms with Crippen LogP contribution in [-0.2, 0) is 9.47 Å². The number of piperidine rings is 1. The minimum absolute atomic E-state index is 0.182. The molecule has 2 rings (SSSR count). The summed E-state index contributed by atoms with van der Waals surface area (Å²) < 4.78 is 12.8. The molecule has 2 aliphatic rings. The Morgan fingerprint density at radius 3 is 2.55 bits per heavy atom. The van der Waals surface area contributed by atoms with E-state index in [2.05, 4.69) is 22.6 Å². The largest absolute Gasteiger partial charge is 0.444 e. The van der Waals surface area contributed by atoms with Crippen LogP contribution in [0.5, 0.6) is 0 Å². The van der Waals surface area contributed by atoms with E-state index < -0.39 is 5.60 Å². The number of ether oxygens (including phenoxy) is 2. The van der Waals surface area contributed by atoms with Gasteiger partial charge in [-0.25, -0.2) is 4.79 Å². The van der Waals surface area contributed by atoms with Crippen molar-refractivity contribution < 1.29 is 14.3 Å². The number of rotatable bonds is 4. The Bertz CT molecular complexity index is 377. The van der Waals surface area contributed by atoms with Crippen molar-refractivity contribution in [1.29, 1.82) is 0 Å². The van der Waals surface area contributed by atoms with Gasteiger partial charge in [0.05, 0.1) is 18.8 Å². The zero-order chi connectivity index (χ0) is 16.2. The molecular weight excluding hydrogens is 393 g/mol. The molecule has 0 aromatic carbocycles. The van der Waals surface area contributed by atoms with Gasteiger partial charge in [-0.15, -0.1) is 0 Å². The minimum Gasteiger partial charge on any atom is -0.444 e. The number of carbonyl (C=O) groups is 1. The fraction of sp³-hybridized carbons (Fsp3) is 0.941. The first-order valence-corrected chi connectivity index (χ1v) is 10.0. The van der Waals surface area contributed by atoms with Crippen molar-refractivity contribution in [2.75, 3.05) is 24.1 Å². The van der Waals surface area contributed by atoms with Crippen molar-refractivity contribution in [2.45, 2.75) is 70.5 Å². The van der Waals surface area contributed by atoms with Crippen LogP contribution in [0.25, 0.3) is 0 Å². The lowest BCUT2D eigenvalue weighted by Crippen LogP contribution is -2.54. The molecule has 1 amide bonds. The second-order valence-corrected chi connectivity index (χ2v) is 8.55. The summed E-state index contributed by atoms with van der Waals surface area (Å²) in [5.74, 6) is 0.719. The molecule has 1 heterocycles. The summed E-state index contributed by atoms with van der Waals surface area (Å²) in [6, 6.07) is 0. The average molecular weight is 423 g/mol. The molecule has 0 aromatic heterocycles. The van der Waals surface area contributed by atoms with Crippen LogP contribution in [0.4, 0.5) is 4.79 Å². The first-order valence-electron chi connectivity index (χ1n) is 8.51. The Morgan fingerprint density at radius 2 is 1.95 bits per heavy atom. The van der Waals surface area contributed by atoms with E-state index in [-0.39, 0.29) is 11.7 Å². The second-order valence-electron chi connectivity index (χ2n) is 7.78. The lowest BCUT2D eigenvalue weighted by molar-refractivity contribution is -0.0848. The molecule has 0 bridgehead atoms. The third kappa shape index (κ3) is 5.25. The van der Waals surface area contributed by atoms with Crippen molar-refractivity contribution >= 4 is 28.7 Å². The van der Waals surface area contributed by atoms with Crippen molar-refractivity contribution in [3.05, 3.63) is 0 Å². The van der Waals surface area contributed by atoms with Gasteiger partial charge in [-0.05, 0) is 52.4 Å². The lowest BCUT2D eigenvalue weighted by Gasteiger charge is -2.42. The van der Waals surface area contributed by atoms with Gasteiger partial charge < -0.3 is 14.4 Å². The molecule has 1 unspecified atom stereocenters. The molecule has 1 aliphatic carbocycles. The van der Waals surface area contributed by atoms with Crippen LogP contribution >= 0.6 is 22.6 Å². The second kappa shape index (κ2) is 7.69. The maximum Gasteiger partial charge on any atom is 0.410 e. The highest BCUT2D eigenvalue weighted by atomic mass is 127. The predicted octanol–water partition coefficient (Wildman–Crippen LogP) is 4.40. The molecule has 1 saturated heterocycles. The van der Waals surface area contributed by atoms with Crippen molar-refractivity contribution in [3.63, 3.8) is 0 Å². The van der Waals surface area contributed by atoms with Crippen LogP contribution < -0.4 is 0 Å². The topological polar surface area (TPSA) is 38.8 Å². The van der Waals surface area contributed by atoms with Gasteiger partial charge in [0.25, 0.3) is 0 Å². The Labute approximate surface area is 148 Å². The smallest absolute Gasteiger partial charge is 0.410 e. The van der Waals surface area contributed by atoms with Crippen molar-refractivity contribution in [2.24, 2.45) is 5.92 Å². The quantitative estimate of drug-likeness (QED) is 0.497.